The van der Waals surface area contributed by atoms with Crippen molar-refractivity contribution >= 4 is 5.97 Å². The maximum absolute atomic E-state index is 9.60. The molecular formula is C4H7ClCrO3+. The third kappa shape index (κ3) is 18.0. The average Bonchev–Trinajstić information content (AvgIpc) is 1.36. The first kappa shape index (κ1) is 23.0. The van der Waals surface area contributed by atoms with Gasteiger partial charge in [0.2, 0.25) is 0 Å². The van der Waals surface area contributed by atoms with Gasteiger partial charge in [-0.25, -0.2) is 4.79 Å². The maximum Gasteiger partial charge on any atom is 3.00 e. The Hall–Kier alpha value is -0.00753. The Bertz CT molecular complexity index is 81.8. The Kier molecular flexibility index (Phi) is 27.9. The van der Waals surface area contributed by atoms with Gasteiger partial charge in [-0.1, -0.05) is 6.58 Å². The van der Waals surface area contributed by atoms with E-state index in [1.165, 1.54) is 6.92 Å². The normalized spacial score (nSPS) is 5.00. The Morgan fingerprint density at radius 2 is 1.67 bits per heavy atom. The number of hydrogen-bond donors (Lipinski definition) is 1. The van der Waals surface area contributed by atoms with Gasteiger partial charge in [0.05, 0.1) is 0 Å². The Morgan fingerprint density at radius 3 is 1.67 bits per heavy atom. The molecule has 2 N–H and O–H groups in total. The van der Waals surface area contributed by atoms with Crippen LogP contribution in [0.4, 0.5) is 0 Å². The van der Waals surface area contributed by atoms with Gasteiger partial charge in [0, 0.05) is 5.57 Å². The fraction of sp³-hybridized carbons (Fsp3) is 0.250. The molecule has 0 bridgehead atoms. The molecule has 0 aromatic heterocycles. The van der Waals surface area contributed by atoms with Crippen LogP contribution in [0.15, 0.2) is 12.2 Å². The van der Waals surface area contributed by atoms with Gasteiger partial charge in [0.25, 0.3) is 0 Å². The van der Waals surface area contributed by atoms with Gasteiger partial charge in [-0.2, -0.15) is 0 Å². The minimum atomic E-state index is -0.935. The minimum Gasteiger partial charge on any atom is -1.00 e. The standard InChI is InChI=1S/C4H6O2.ClH.Cr.H2O/c1-3(2)4(5)6;;;/h1H2,2H3,(H,5,6);1H;;1H2/q;;+3;/p-2. The fourth-order valence-electron chi connectivity index (χ4n) is 0. The molecule has 0 saturated carbocycles. The molecule has 0 unspecified atom stereocenters. The number of hydrogen-bond acceptors (Lipinski definition) is 2. The van der Waals surface area contributed by atoms with E-state index in [0.717, 1.165) is 0 Å². The van der Waals surface area contributed by atoms with Crippen LogP contribution < -0.4 is 12.4 Å². The van der Waals surface area contributed by atoms with Crippen LogP contribution in [0, 0.1) is 0 Å². The van der Waals surface area contributed by atoms with Crippen LogP contribution in [-0.2, 0) is 22.2 Å². The van der Waals surface area contributed by atoms with E-state index in [0.29, 0.717) is 0 Å². The van der Waals surface area contributed by atoms with E-state index in [1.807, 2.05) is 0 Å². The molecular weight excluding hydrogens is 183 g/mol. The van der Waals surface area contributed by atoms with E-state index in [-0.39, 0.29) is 40.8 Å². The molecule has 5 heteroatoms. The fourth-order valence-corrected chi connectivity index (χ4v) is 0. The maximum atomic E-state index is 9.60. The summed E-state index contributed by atoms with van der Waals surface area (Å²) < 4.78 is 0. The minimum absolute atomic E-state index is 0. The Balaban J connectivity index is -0.0000000417. The topological polar surface area (TPSA) is 67.3 Å². The SMILES string of the molecule is C=C(C)C(=O)O.[Cl-].[Cr+3].[OH-]. The van der Waals surface area contributed by atoms with Crippen LogP contribution >= 0.6 is 0 Å². The molecule has 0 amide bonds. The summed E-state index contributed by atoms with van der Waals surface area (Å²) in [6.07, 6.45) is 0. The van der Waals surface area contributed by atoms with Crippen molar-refractivity contribution < 1.29 is 45.1 Å². The van der Waals surface area contributed by atoms with Crippen LogP contribution in [0.1, 0.15) is 6.92 Å². The van der Waals surface area contributed by atoms with Crippen LogP contribution in [0.2, 0.25) is 0 Å². The third-order valence-electron chi connectivity index (χ3n) is 0.365. The van der Waals surface area contributed by atoms with Crippen LogP contribution in [0.25, 0.3) is 0 Å². The summed E-state index contributed by atoms with van der Waals surface area (Å²) >= 11 is 0. The van der Waals surface area contributed by atoms with E-state index in [1.54, 1.807) is 0 Å². The molecule has 0 aromatic rings. The second-order valence-electron chi connectivity index (χ2n) is 1.09. The monoisotopic (exact) mass is 190 g/mol. The van der Waals surface area contributed by atoms with E-state index in [4.69, 9.17) is 5.11 Å². The number of carbonyl (C=O) groups is 1. The van der Waals surface area contributed by atoms with Crippen molar-refractivity contribution in [2.45, 2.75) is 6.92 Å². The summed E-state index contributed by atoms with van der Waals surface area (Å²) in [6.45, 7) is 4.60. The van der Waals surface area contributed by atoms with Crippen molar-refractivity contribution in [2.75, 3.05) is 0 Å². The Labute approximate surface area is 70.6 Å². The molecule has 0 atom stereocenters. The first-order chi connectivity index (χ1) is 2.64. The summed E-state index contributed by atoms with van der Waals surface area (Å²) in [5.74, 6) is -0.935. The smallest absolute Gasteiger partial charge is 1.00 e. The summed E-state index contributed by atoms with van der Waals surface area (Å²) in [7, 11) is 0. The van der Waals surface area contributed by atoms with E-state index in [9.17, 15) is 4.79 Å². The molecule has 0 heterocycles. The first-order valence-electron chi connectivity index (χ1n) is 1.53. The first-order valence-corrected chi connectivity index (χ1v) is 1.53. The summed E-state index contributed by atoms with van der Waals surface area (Å²) in [6, 6.07) is 0. The number of carboxylic acids is 1. The van der Waals surface area contributed by atoms with Gasteiger partial charge in [0.1, 0.15) is 0 Å². The van der Waals surface area contributed by atoms with Crippen LogP contribution in [0.5, 0.6) is 0 Å². The van der Waals surface area contributed by atoms with Crippen molar-refractivity contribution in [3.05, 3.63) is 12.2 Å². The molecule has 0 rings (SSSR count). The van der Waals surface area contributed by atoms with Gasteiger partial charge >= 0.3 is 23.3 Å². The zero-order valence-electron chi connectivity index (χ0n) is 4.80. The van der Waals surface area contributed by atoms with E-state index in [2.05, 4.69) is 6.58 Å². The predicted octanol–water partition coefficient (Wildman–Crippen LogP) is -2.53. The molecule has 0 aliphatic carbocycles. The quantitative estimate of drug-likeness (QED) is 0.464. The molecule has 0 saturated heterocycles. The van der Waals surface area contributed by atoms with Crippen LogP contribution in [0.3, 0.4) is 0 Å². The molecule has 3 nitrogen and oxygen atoms in total. The molecule has 0 aliphatic heterocycles. The average molecular weight is 191 g/mol. The predicted molar refractivity (Wildman–Crippen MR) is 24.4 cm³/mol. The summed E-state index contributed by atoms with van der Waals surface area (Å²) in [4.78, 5) is 9.60. The van der Waals surface area contributed by atoms with Crippen molar-refractivity contribution in [2.24, 2.45) is 0 Å². The largest absolute Gasteiger partial charge is 3.00 e. The number of aliphatic carboxylic acids is 1. The molecule has 0 fully saturated rings. The van der Waals surface area contributed by atoms with Crippen molar-refractivity contribution in [1.29, 1.82) is 0 Å². The second-order valence-corrected chi connectivity index (χ2v) is 1.09. The zero-order valence-corrected chi connectivity index (χ0v) is 6.83. The van der Waals surface area contributed by atoms with Crippen molar-refractivity contribution in [3.8, 4) is 0 Å². The summed E-state index contributed by atoms with van der Waals surface area (Å²) in [5, 5.41) is 7.89. The van der Waals surface area contributed by atoms with Gasteiger partial charge in [-0.15, -0.1) is 0 Å². The van der Waals surface area contributed by atoms with Gasteiger partial charge < -0.3 is 23.0 Å². The van der Waals surface area contributed by atoms with Gasteiger partial charge in [-0.3, -0.25) is 0 Å². The Morgan fingerprint density at radius 1 is 1.56 bits per heavy atom. The van der Waals surface area contributed by atoms with Gasteiger partial charge in [0.15, 0.2) is 0 Å². The molecule has 0 spiro atoms. The van der Waals surface area contributed by atoms with Crippen LogP contribution in [-0.4, -0.2) is 16.6 Å². The van der Waals surface area contributed by atoms with E-state index < -0.39 is 5.97 Å². The van der Waals surface area contributed by atoms with Gasteiger partial charge in [-0.05, 0) is 6.92 Å². The van der Waals surface area contributed by atoms with Crippen molar-refractivity contribution in [3.63, 3.8) is 0 Å². The molecule has 0 aromatic carbocycles. The molecule has 0 aliphatic rings. The number of carboxylic acid groups (broad SMARTS) is 1. The molecule has 9 heavy (non-hydrogen) atoms. The number of rotatable bonds is 1. The number of halogens is 1. The molecule has 1 radical (unpaired) electrons. The second kappa shape index (κ2) is 10.9. The molecule has 53 valence electrons. The summed E-state index contributed by atoms with van der Waals surface area (Å²) in [5.41, 5.74) is 0.176. The van der Waals surface area contributed by atoms with E-state index >= 15 is 0 Å². The van der Waals surface area contributed by atoms with Crippen molar-refractivity contribution in [1.82, 2.24) is 0 Å². The zero-order chi connectivity index (χ0) is 5.15. The third-order valence-corrected chi connectivity index (χ3v) is 0.365.